The topological polar surface area (TPSA) is 67.2 Å². The lowest BCUT2D eigenvalue weighted by Crippen LogP contribution is -2.40. The molecule has 1 atom stereocenters. The molecule has 0 aromatic carbocycles. The van der Waals surface area contributed by atoms with Gasteiger partial charge in [-0.3, -0.25) is 9.48 Å². The molecule has 7 heteroatoms. The number of piperidine rings is 1. The van der Waals surface area contributed by atoms with E-state index in [1.165, 1.54) is 5.56 Å². The van der Waals surface area contributed by atoms with Gasteiger partial charge in [-0.1, -0.05) is 0 Å². The molecule has 4 heterocycles. The summed E-state index contributed by atoms with van der Waals surface area (Å²) in [5.41, 5.74) is 3.76. The first-order valence-corrected chi connectivity index (χ1v) is 9.85. The van der Waals surface area contributed by atoms with E-state index < -0.39 is 0 Å². The molecule has 2 aromatic heterocycles. The zero-order valence-corrected chi connectivity index (χ0v) is 16.7. The molecular formula is C20H28N6O. The number of fused-ring (bicyclic) bond motifs is 1. The van der Waals surface area contributed by atoms with Crippen LogP contribution in [0, 0.1) is 13.8 Å². The fourth-order valence-corrected chi connectivity index (χ4v) is 4.37. The lowest BCUT2D eigenvalue weighted by atomic mass is 9.99. The van der Waals surface area contributed by atoms with E-state index in [1.54, 1.807) is 4.68 Å². The van der Waals surface area contributed by atoms with Crippen LogP contribution in [0.3, 0.4) is 0 Å². The minimum atomic E-state index is -0.0646. The lowest BCUT2D eigenvalue weighted by Gasteiger charge is -2.36. The monoisotopic (exact) mass is 368 g/mol. The predicted molar refractivity (Wildman–Crippen MR) is 104 cm³/mol. The first kappa shape index (κ1) is 17.9. The number of hydrogen-bond acceptors (Lipinski definition) is 5. The van der Waals surface area contributed by atoms with Gasteiger partial charge in [0.15, 0.2) is 5.82 Å². The number of carbonyl (C=O) groups excluding carboxylic acids is 1. The van der Waals surface area contributed by atoms with Gasteiger partial charge in [0.2, 0.25) is 0 Å². The van der Waals surface area contributed by atoms with Crippen LogP contribution < -0.4 is 4.90 Å². The van der Waals surface area contributed by atoms with Gasteiger partial charge in [0.25, 0.3) is 5.91 Å². The van der Waals surface area contributed by atoms with Crippen LogP contribution in [-0.4, -0.2) is 50.7 Å². The van der Waals surface area contributed by atoms with E-state index in [9.17, 15) is 4.79 Å². The summed E-state index contributed by atoms with van der Waals surface area (Å²) in [6.45, 7) is 5.72. The summed E-state index contributed by atoms with van der Waals surface area (Å²) in [4.78, 5) is 27.2. The number of likely N-dealkylation sites (tertiary alicyclic amines) is 1. The molecule has 4 rings (SSSR count). The quantitative estimate of drug-likeness (QED) is 0.815. The van der Waals surface area contributed by atoms with Crippen LogP contribution in [0.1, 0.15) is 64.9 Å². The zero-order valence-electron chi connectivity index (χ0n) is 16.7. The van der Waals surface area contributed by atoms with Gasteiger partial charge in [0.1, 0.15) is 5.82 Å². The van der Waals surface area contributed by atoms with E-state index in [4.69, 9.17) is 9.97 Å². The van der Waals surface area contributed by atoms with Crippen LogP contribution in [0.25, 0.3) is 0 Å². The van der Waals surface area contributed by atoms with Gasteiger partial charge >= 0.3 is 0 Å². The average molecular weight is 368 g/mol. The highest BCUT2D eigenvalue weighted by molar-refractivity contribution is 5.95. The number of anilines is 1. The molecule has 0 N–H and O–H groups in total. The summed E-state index contributed by atoms with van der Waals surface area (Å²) < 4.78 is 1.70. The summed E-state index contributed by atoms with van der Waals surface area (Å²) in [7, 11) is 3.94. The standard InChI is InChI=1S/C20H28N6O/c1-13-15-8-7-10-24(3)19(15)22-18(21-13)17-9-5-6-11-26(17)20(27)16-12-25(4)23-14(16)2/h12,17H,5-11H2,1-4H3. The Morgan fingerprint density at radius 2 is 1.89 bits per heavy atom. The van der Waals surface area contributed by atoms with Crippen molar-refractivity contribution in [2.75, 3.05) is 25.0 Å². The van der Waals surface area contributed by atoms with Crippen LogP contribution >= 0.6 is 0 Å². The maximum atomic E-state index is 13.3. The third-order valence-corrected chi connectivity index (χ3v) is 5.80. The highest BCUT2D eigenvalue weighted by atomic mass is 16.2. The van der Waals surface area contributed by atoms with Gasteiger partial charge in [-0.2, -0.15) is 5.10 Å². The van der Waals surface area contributed by atoms with E-state index >= 15 is 0 Å². The molecule has 1 fully saturated rings. The highest BCUT2D eigenvalue weighted by Crippen LogP contribution is 2.34. The third kappa shape index (κ3) is 3.19. The van der Waals surface area contributed by atoms with Crippen molar-refractivity contribution in [1.29, 1.82) is 0 Å². The maximum absolute atomic E-state index is 13.3. The molecule has 2 aromatic rings. The number of carbonyl (C=O) groups is 1. The Morgan fingerprint density at radius 1 is 1.07 bits per heavy atom. The predicted octanol–water partition coefficient (Wildman–Crippen LogP) is 2.58. The summed E-state index contributed by atoms with van der Waals surface area (Å²) >= 11 is 0. The second-order valence-corrected chi connectivity index (χ2v) is 7.81. The average Bonchev–Trinajstić information content (AvgIpc) is 3.00. The Hall–Kier alpha value is -2.44. The van der Waals surface area contributed by atoms with Gasteiger partial charge in [0.05, 0.1) is 17.3 Å². The second-order valence-electron chi connectivity index (χ2n) is 7.81. The Morgan fingerprint density at radius 3 is 2.63 bits per heavy atom. The Bertz CT molecular complexity index is 874. The van der Waals surface area contributed by atoms with Crippen LogP contribution in [0.15, 0.2) is 6.20 Å². The van der Waals surface area contributed by atoms with E-state index in [-0.39, 0.29) is 11.9 Å². The molecule has 1 amide bonds. The fourth-order valence-electron chi connectivity index (χ4n) is 4.37. The van der Waals surface area contributed by atoms with Crippen LogP contribution in [-0.2, 0) is 13.5 Å². The summed E-state index contributed by atoms with van der Waals surface area (Å²) in [5.74, 6) is 1.87. The second kappa shape index (κ2) is 6.94. The number of hydrogen-bond donors (Lipinski definition) is 0. The van der Waals surface area contributed by atoms with Crippen molar-refractivity contribution < 1.29 is 4.79 Å². The van der Waals surface area contributed by atoms with E-state index in [0.717, 1.165) is 68.2 Å². The number of aryl methyl sites for hydroxylation is 3. The summed E-state index contributed by atoms with van der Waals surface area (Å²) in [6.07, 6.45) is 7.01. The van der Waals surface area contributed by atoms with E-state index in [0.29, 0.717) is 5.56 Å². The Kier molecular flexibility index (Phi) is 4.61. The van der Waals surface area contributed by atoms with Crippen LogP contribution in [0.2, 0.25) is 0 Å². The molecule has 144 valence electrons. The van der Waals surface area contributed by atoms with E-state index in [1.807, 2.05) is 25.1 Å². The van der Waals surface area contributed by atoms with Crippen molar-refractivity contribution in [2.45, 2.75) is 52.0 Å². The van der Waals surface area contributed by atoms with Crippen molar-refractivity contribution in [3.8, 4) is 0 Å². The molecule has 0 bridgehead atoms. The zero-order chi connectivity index (χ0) is 19.1. The molecule has 2 aliphatic heterocycles. The number of aromatic nitrogens is 4. The van der Waals surface area contributed by atoms with Crippen molar-refractivity contribution in [2.24, 2.45) is 7.05 Å². The van der Waals surface area contributed by atoms with Crippen LogP contribution in [0.5, 0.6) is 0 Å². The first-order valence-electron chi connectivity index (χ1n) is 9.85. The number of amides is 1. The molecule has 2 aliphatic rings. The largest absolute Gasteiger partial charge is 0.359 e. The van der Waals surface area contributed by atoms with Gasteiger partial charge < -0.3 is 9.80 Å². The van der Waals surface area contributed by atoms with Gasteiger partial charge in [-0.15, -0.1) is 0 Å². The molecule has 7 nitrogen and oxygen atoms in total. The molecule has 1 unspecified atom stereocenters. The van der Waals surface area contributed by atoms with Crippen molar-refractivity contribution >= 4 is 11.7 Å². The van der Waals surface area contributed by atoms with Gasteiger partial charge in [0, 0.05) is 44.6 Å². The van der Waals surface area contributed by atoms with Gasteiger partial charge in [-0.25, -0.2) is 9.97 Å². The molecule has 0 aliphatic carbocycles. The number of nitrogens with zero attached hydrogens (tertiary/aromatic N) is 6. The third-order valence-electron chi connectivity index (χ3n) is 5.80. The normalized spacial score (nSPS) is 19.9. The SMILES string of the molecule is Cc1nn(C)cc1C(=O)N1CCCCC1c1nc(C)c2c(n1)N(C)CCC2. The fraction of sp³-hybridized carbons (Fsp3) is 0.600. The molecule has 0 saturated carbocycles. The maximum Gasteiger partial charge on any atom is 0.257 e. The number of rotatable bonds is 2. The minimum Gasteiger partial charge on any atom is -0.359 e. The molecule has 0 spiro atoms. The first-order chi connectivity index (χ1) is 13.0. The van der Waals surface area contributed by atoms with Crippen molar-refractivity contribution in [3.05, 3.63) is 34.5 Å². The van der Waals surface area contributed by atoms with Gasteiger partial charge in [-0.05, 0) is 46.0 Å². The molecule has 1 saturated heterocycles. The summed E-state index contributed by atoms with van der Waals surface area (Å²) in [5, 5.41) is 4.34. The smallest absolute Gasteiger partial charge is 0.257 e. The molecule has 0 radical (unpaired) electrons. The Labute approximate surface area is 160 Å². The van der Waals surface area contributed by atoms with Crippen molar-refractivity contribution in [3.63, 3.8) is 0 Å². The molecule has 27 heavy (non-hydrogen) atoms. The van der Waals surface area contributed by atoms with Crippen LogP contribution in [0.4, 0.5) is 5.82 Å². The highest BCUT2D eigenvalue weighted by Gasteiger charge is 2.33. The molecular weight excluding hydrogens is 340 g/mol. The summed E-state index contributed by atoms with van der Waals surface area (Å²) in [6, 6.07) is -0.0646. The minimum absolute atomic E-state index is 0.0395. The Balaban J connectivity index is 1.71. The lowest BCUT2D eigenvalue weighted by molar-refractivity contribution is 0.0598. The van der Waals surface area contributed by atoms with E-state index in [2.05, 4.69) is 24.0 Å². The van der Waals surface area contributed by atoms with Crippen molar-refractivity contribution in [1.82, 2.24) is 24.6 Å².